The third-order valence-electron chi connectivity index (χ3n) is 7.55. The third kappa shape index (κ3) is 9.25. The highest BCUT2D eigenvalue weighted by Crippen LogP contribution is 2.34. The van der Waals surface area contributed by atoms with Gasteiger partial charge in [-0.1, -0.05) is 51.1 Å². The van der Waals surface area contributed by atoms with E-state index in [4.69, 9.17) is 19.9 Å². The van der Waals surface area contributed by atoms with Crippen molar-refractivity contribution in [1.29, 1.82) is 0 Å². The number of rotatable bonds is 12. The number of amides is 1. The van der Waals surface area contributed by atoms with Gasteiger partial charge in [-0.2, -0.15) is 23.1 Å². The molecule has 4 rings (SSSR count). The second-order valence-electron chi connectivity index (χ2n) is 10.7. The van der Waals surface area contributed by atoms with Crippen molar-refractivity contribution in [2.45, 2.75) is 95.4 Å². The van der Waals surface area contributed by atoms with Crippen molar-refractivity contribution < 1.29 is 43.2 Å². The molecule has 1 fully saturated rings. The number of carbonyl (C=O) groups is 2. The number of hydrogen-bond acceptors (Lipinski definition) is 10. The van der Waals surface area contributed by atoms with Gasteiger partial charge in [0.15, 0.2) is 17.0 Å². The minimum atomic E-state index is -5.08. The van der Waals surface area contributed by atoms with Gasteiger partial charge < -0.3 is 40.9 Å². The molecule has 1 amide bonds. The molecule has 2 heterocycles. The molecule has 16 heteroatoms. The number of anilines is 2. The summed E-state index contributed by atoms with van der Waals surface area (Å²) in [5.74, 6) is -2.05. The molecule has 2 aromatic heterocycles. The molecule has 0 saturated heterocycles. The summed E-state index contributed by atoms with van der Waals surface area (Å²) < 4.78 is 33.5. The molecule has 248 valence electrons. The first-order chi connectivity index (χ1) is 21.3. The number of carbonyl (C=O) groups excluding carboxylic acids is 1. The summed E-state index contributed by atoms with van der Waals surface area (Å²) >= 11 is 0. The van der Waals surface area contributed by atoms with Gasteiger partial charge in [-0.15, -0.1) is 0 Å². The summed E-state index contributed by atoms with van der Waals surface area (Å²) in [5, 5.41) is 48.3. The largest absolute Gasteiger partial charge is 0.490 e. The van der Waals surface area contributed by atoms with E-state index in [0.717, 1.165) is 18.4 Å². The number of halogens is 3. The number of aromatic nitrogens is 4. The van der Waals surface area contributed by atoms with Gasteiger partial charge in [0.1, 0.15) is 12.2 Å². The maximum absolute atomic E-state index is 12.0. The monoisotopic (exact) mass is 639 g/mol. The van der Waals surface area contributed by atoms with Gasteiger partial charge in [-0.25, -0.2) is 9.78 Å². The second-order valence-corrected chi connectivity index (χ2v) is 10.7. The van der Waals surface area contributed by atoms with E-state index in [1.165, 1.54) is 0 Å². The first-order valence-corrected chi connectivity index (χ1v) is 14.7. The van der Waals surface area contributed by atoms with E-state index in [1.54, 1.807) is 17.8 Å². The lowest BCUT2D eigenvalue weighted by Gasteiger charge is -2.21. The minimum Gasteiger partial charge on any atom is -0.475 e. The van der Waals surface area contributed by atoms with Gasteiger partial charge in [-0.3, -0.25) is 4.79 Å². The number of fused-ring (bicyclic) bond motifs is 1. The van der Waals surface area contributed by atoms with Crippen LogP contribution in [0.4, 0.5) is 24.9 Å². The molecule has 0 spiro atoms. The highest BCUT2D eigenvalue weighted by molar-refractivity contribution is 5.84. The lowest BCUT2D eigenvalue weighted by atomic mass is 10.1. The van der Waals surface area contributed by atoms with Crippen LogP contribution in [-0.2, 0) is 16.0 Å². The van der Waals surface area contributed by atoms with Gasteiger partial charge in [0, 0.05) is 12.5 Å². The van der Waals surface area contributed by atoms with Crippen molar-refractivity contribution in [2.24, 2.45) is 0 Å². The van der Waals surface area contributed by atoms with Gasteiger partial charge >= 0.3 is 12.1 Å². The fourth-order valence-electron chi connectivity index (χ4n) is 4.99. The Kier molecular flexibility index (Phi) is 12.5. The van der Waals surface area contributed by atoms with E-state index in [-0.39, 0.29) is 24.6 Å². The lowest BCUT2D eigenvalue weighted by molar-refractivity contribution is -0.192. The van der Waals surface area contributed by atoms with Crippen molar-refractivity contribution in [3.8, 4) is 0 Å². The number of hydrogen-bond donors (Lipinski definition) is 7. The van der Waals surface area contributed by atoms with Crippen molar-refractivity contribution >= 4 is 34.8 Å². The topological polar surface area (TPSA) is 195 Å². The summed E-state index contributed by atoms with van der Waals surface area (Å²) in [5.41, 5.74) is 2.11. The number of carboxylic acids is 1. The van der Waals surface area contributed by atoms with E-state index in [1.807, 2.05) is 30.3 Å². The number of nitrogens with one attached hydrogen (secondary N) is 3. The minimum absolute atomic E-state index is 0.114. The average molecular weight is 640 g/mol. The molecular formula is C29H40F3N7O6. The van der Waals surface area contributed by atoms with Crippen LogP contribution in [0.3, 0.4) is 0 Å². The Labute approximate surface area is 257 Å². The van der Waals surface area contributed by atoms with Crippen molar-refractivity contribution in [2.75, 3.05) is 17.2 Å². The Hall–Kier alpha value is -4.02. The van der Waals surface area contributed by atoms with E-state index in [9.17, 15) is 33.3 Å². The van der Waals surface area contributed by atoms with E-state index in [0.29, 0.717) is 42.2 Å². The van der Waals surface area contributed by atoms with Crippen LogP contribution in [0.15, 0.2) is 36.7 Å². The van der Waals surface area contributed by atoms with Crippen LogP contribution in [-0.4, -0.2) is 94.9 Å². The molecule has 0 unspecified atom stereocenters. The van der Waals surface area contributed by atoms with Gasteiger partial charge in [0.05, 0.1) is 31.1 Å². The van der Waals surface area contributed by atoms with Crippen LogP contribution >= 0.6 is 0 Å². The Balaban J connectivity index is 0.000000707. The van der Waals surface area contributed by atoms with Gasteiger partial charge in [0.25, 0.3) is 0 Å². The van der Waals surface area contributed by atoms with E-state index >= 15 is 0 Å². The predicted octanol–water partition coefficient (Wildman–Crippen LogP) is 2.64. The Morgan fingerprint density at radius 2 is 1.67 bits per heavy atom. The zero-order valence-electron chi connectivity index (χ0n) is 25.2. The first-order valence-electron chi connectivity index (χ1n) is 14.7. The molecule has 1 aliphatic rings. The number of carboxylic acid groups (broad SMARTS) is 1. The molecule has 1 aromatic carbocycles. The highest BCUT2D eigenvalue weighted by Gasteiger charge is 2.44. The molecule has 5 atom stereocenters. The normalized spacial score (nSPS) is 20.4. The summed E-state index contributed by atoms with van der Waals surface area (Å²) in [4.78, 5) is 34.9. The Bertz CT molecular complexity index is 1400. The van der Waals surface area contributed by atoms with Crippen LogP contribution in [0.1, 0.15) is 58.1 Å². The standard InChI is InChI=1S/C27H39N7O4.C2HF3O2/c1-4-17(5-2)29-25-22-26(33-27(32-25)30-18(14-35)12-16-10-8-7-9-11-16)34(15-28-22)20-13-19(23(37)24(20)38)31-21(36)6-3;3-2(4,5)1(6)7/h7-11,15,17-20,23-24,35,37-38H,4-6,12-14H2,1-3H3,(H,31,36)(H2,29,30,32,33);(H,6,7)/t18-,19-,20+,23+,24-;/m0./s1. The quantitative estimate of drug-likeness (QED) is 0.154. The average Bonchev–Trinajstić information content (AvgIpc) is 3.55. The molecule has 0 aliphatic heterocycles. The first kappa shape index (κ1) is 35.5. The van der Waals surface area contributed by atoms with Gasteiger partial charge in [0.2, 0.25) is 11.9 Å². The number of aliphatic carboxylic acids is 1. The number of aliphatic hydroxyl groups is 3. The van der Waals surface area contributed by atoms with Crippen molar-refractivity contribution in [3.63, 3.8) is 0 Å². The summed E-state index contributed by atoms with van der Waals surface area (Å²) in [6.45, 7) is 5.82. The van der Waals surface area contributed by atoms with Crippen LogP contribution < -0.4 is 16.0 Å². The number of aliphatic hydroxyl groups excluding tert-OH is 3. The van der Waals surface area contributed by atoms with E-state index < -0.39 is 36.4 Å². The SMILES string of the molecule is CCC(=O)N[C@H]1C[C@@H](n2cnc3c(NC(CC)CC)nc(N[C@H](CO)Cc4ccccc4)nc32)[C@H](O)[C@@H]1O.O=C(O)C(F)(F)F. The molecule has 13 nitrogen and oxygen atoms in total. The Morgan fingerprint density at radius 1 is 1.02 bits per heavy atom. The fourth-order valence-corrected chi connectivity index (χ4v) is 4.99. The van der Waals surface area contributed by atoms with Crippen LogP contribution in [0.2, 0.25) is 0 Å². The number of imidazole rings is 1. The molecule has 45 heavy (non-hydrogen) atoms. The molecular weight excluding hydrogens is 599 g/mol. The van der Waals surface area contributed by atoms with Gasteiger partial charge in [-0.05, 0) is 31.2 Å². The number of benzene rings is 1. The van der Waals surface area contributed by atoms with Crippen LogP contribution in [0.5, 0.6) is 0 Å². The smallest absolute Gasteiger partial charge is 0.475 e. The summed E-state index contributed by atoms with van der Waals surface area (Å²) in [7, 11) is 0. The second kappa shape index (κ2) is 15.8. The fraction of sp³-hybridized carbons (Fsp3) is 0.552. The van der Waals surface area contributed by atoms with Crippen LogP contribution in [0.25, 0.3) is 11.2 Å². The zero-order chi connectivity index (χ0) is 33.3. The maximum atomic E-state index is 12.0. The Morgan fingerprint density at radius 3 is 2.22 bits per heavy atom. The number of alkyl halides is 3. The molecule has 1 aliphatic carbocycles. The summed E-state index contributed by atoms with van der Waals surface area (Å²) in [6.07, 6.45) is -2.72. The van der Waals surface area contributed by atoms with Crippen molar-refractivity contribution in [3.05, 3.63) is 42.2 Å². The molecule has 1 saturated carbocycles. The van der Waals surface area contributed by atoms with Crippen molar-refractivity contribution in [1.82, 2.24) is 24.8 Å². The van der Waals surface area contributed by atoms with Crippen LogP contribution in [0, 0.1) is 0 Å². The zero-order valence-corrected chi connectivity index (χ0v) is 25.2. The molecule has 7 N–H and O–H groups in total. The lowest BCUT2D eigenvalue weighted by Crippen LogP contribution is -2.42. The third-order valence-corrected chi connectivity index (χ3v) is 7.55. The number of nitrogens with zero attached hydrogens (tertiary/aromatic N) is 4. The summed E-state index contributed by atoms with van der Waals surface area (Å²) in [6, 6.07) is 8.61. The predicted molar refractivity (Wildman–Crippen MR) is 160 cm³/mol. The molecule has 3 aromatic rings. The highest BCUT2D eigenvalue weighted by atomic mass is 19.4. The maximum Gasteiger partial charge on any atom is 0.490 e. The molecule has 0 bridgehead atoms. The molecule has 0 radical (unpaired) electrons. The van der Waals surface area contributed by atoms with E-state index in [2.05, 4.69) is 34.8 Å².